The summed E-state index contributed by atoms with van der Waals surface area (Å²) in [6.45, 7) is 3.08. The number of esters is 1. The first-order chi connectivity index (χ1) is 6.19. The van der Waals surface area contributed by atoms with Crippen molar-refractivity contribution in [3.8, 4) is 0 Å². The molecular weight excluding hydrogens is 172 g/mol. The molecule has 0 aliphatic carbocycles. The summed E-state index contributed by atoms with van der Waals surface area (Å²) in [5.41, 5.74) is -1.31. The summed E-state index contributed by atoms with van der Waals surface area (Å²) in [6.07, 6.45) is 1.48. The quantitative estimate of drug-likeness (QED) is 0.640. The number of rotatable bonds is 2. The van der Waals surface area contributed by atoms with Crippen molar-refractivity contribution in [2.75, 3.05) is 19.8 Å². The summed E-state index contributed by atoms with van der Waals surface area (Å²) < 4.78 is 9.95. The van der Waals surface area contributed by atoms with Gasteiger partial charge in [0.1, 0.15) is 0 Å². The van der Waals surface area contributed by atoms with E-state index in [2.05, 4.69) is 0 Å². The Kier molecular flexibility index (Phi) is 3.69. The Morgan fingerprint density at radius 3 is 3.00 bits per heavy atom. The third-order valence-electron chi connectivity index (χ3n) is 2.19. The van der Waals surface area contributed by atoms with Crippen molar-refractivity contribution in [1.82, 2.24) is 0 Å². The highest BCUT2D eigenvalue weighted by molar-refractivity contribution is 5.79. The lowest BCUT2D eigenvalue weighted by Gasteiger charge is -2.22. The Morgan fingerprint density at radius 2 is 2.31 bits per heavy atom. The molecule has 1 atom stereocenters. The van der Waals surface area contributed by atoms with Gasteiger partial charge in [-0.05, 0) is 19.8 Å². The van der Waals surface area contributed by atoms with Crippen LogP contribution >= 0.6 is 0 Å². The Morgan fingerprint density at radius 1 is 1.54 bits per heavy atom. The molecule has 4 nitrogen and oxygen atoms in total. The standard InChI is InChI=1S/C9H16O4/c1-2-13-8(10)9(11)4-3-6-12-7-5-9/h11H,2-7H2,1H3. The molecule has 13 heavy (non-hydrogen) atoms. The second-order valence-electron chi connectivity index (χ2n) is 3.22. The highest BCUT2D eigenvalue weighted by Crippen LogP contribution is 2.22. The predicted molar refractivity (Wildman–Crippen MR) is 46.3 cm³/mol. The summed E-state index contributed by atoms with van der Waals surface area (Å²) >= 11 is 0. The van der Waals surface area contributed by atoms with Crippen LogP contribution in [0.15, 0.2) is 0 Å². The SMILES string of the molecule is CCOC(=O)C1(O)CCCOCC1. The van der Waals surface area contributed by atoms with Gasteiger partial charge in [0, 0.05) is 19.6 Å². The molecule has 1 N–H and O–H groups in total. The van der Waals surface area contributed by atoms with Crippen molar-refractivity contribution >= 4 is 5.97 Å². The summed E-state index contributed by atoms with van der Waals surface area (Å²) in [4.78, 5) is 11.3. The molecule has 0 bridgehead atoms. The molecule has 1 rings (SSSR count). The topological polar surface area (TPSA) is 55.8 Å². The molecule has 76 valence electrons. The van der Waals surface area contributed by atoms with Gasteiger partial charge in [-0.2, -0.15) is 0 Å². The zero-order chi connectivity index (χ0) is 9.73. The zero-order valence-corrected chi connectivity index (χ0v) is 7.91. The zero-order valence-electron chi connectivity index (χ0n) is 7.91. The van der Waals surface area contributed by atoms with Gasteiger partial charge in [-0.3, -0.25) is 0 Å². The number of carbonyl (C=O) groups excluding carboxylic acids is 1. The average Bonchev–Trinajstić information content (AvgIpc) is 2.32. The minimum atomic E-state index is -1.31. The van der Waals surface area contributed by atoms with Crippen LogP contribution < -0.4 is 0 Å². The van der Waals surface area contributed by atoms with Crippen molar-refractivity contribution in [1.29, 1.82) is 0 Å². The molecule has 0 spiro atoms. The first-order valence-electron chi connectivity index (χ1n) is 4.66. The fourth-order valence-electron chi connectivity index (χ4n) is 1.40. The lowest BCUT2D eigenvalue weighted by molar-refractivity contribution is -0.166. The van der Waals surface area contributed by atoms with Crippen LogP contribution in [0, 0.1) is 0 Å². The van der Waals surface area contributed by atoms with Crippen LogP contribution in [0.2, 0.25) is 0 Å². The number of aliphatic hydroxyl groups is 1. The molecule has 1 fully saturated rings. The van der Waals surface area contributed by atoms with Gasteiger partial charge in [-0.25, -0.2) is 4.79 Å². The predicted octanol–water partition coefficient (Wildman–Crippen LogP) is 0.481. The Balaban J connectivity index is 2.55. The van der Waals surface area contributed by atoms with E-state index in [1.165, 1.54) is 0 Å². The lowest BCUT2D eigenvalue weighted by Crippen LogP contribution is -2.40. The Hall–Kier alpha value is -0.610. The van der Waals surface area contributed by atoms with Crippen molar-refractivity contribution < 1.29 is 19.4 Å². The number of ether oxygens (including phenoxy) is 2. The van der Waals surface area contributed by atoms with E-state index in [0.717, 1.165) is 0 Å². The maximum absolute atomic E-state index is 11.3. The van der Waals surface area contributed by atoms with Gasteiger partial charge in [0.2, 0.25) is 0 Å². The molecule has 0 aromatic heterocycles. The van der Waals surface area contributed by atoms with E-state index in [1.54, 1.807) is 6.92 Å². The van der Waals surface area contributed by atoms with Gasteiger partial charge >= 0.3 is 5.97 Å². The summed E-state index contributed by atoms with van der Waals surface area (Å²) in [5.74, 6) is -0.513. The van der Waals surface area contributed by atoms with Crippen LogP contribution in [0.1, 0.15) is 26.2 Å². The Labute approximate surface area is 77.8 Å². The normalized spacial score (nSPS) is 29.4. The van der Waals surface area contributed by atoms with E-state index >= 15 is 0 Å². The molecule has 1 heterocycles. The highest BCUT2D eigenvalue weighted by Gasteiger charge is 2.37. The smallest absolute Gasteiger partial charge is 0.338 e. The van der Waals surface area contributed by atoms with Gasteiger partial charge in [0.05, 0.1) is 6.61 Å². The van der Waals surface area contributed by atoms with E-state index in [4.69, 9.17) is 9.47 Å². The molecule has 0 aromatic rings. The highest BCUT2D eigenvalue weighted by atomic mass is 16.5. The fourth-order valence-corrected chi connectivity index (χ4v) is 1.40. The molecule has 4 heteroatoms. The monoisotopic (exact) mass is 188 g/mol. The third kappa shape index (κ3) is 2.67. The second-order valence-corrected chi connectivity index (χ2v) is 3.22. The van der Waals surface area contributed by atoms with Crippen LogP contribution in [-0.2, 0) is 14.3 Å². The first-order valence-corrected chi connectivity index (χ1v) is 4.66. The van der Waals surface area contributed by atoms with Gasteiger partial charge in [-0.15, -0.1) is 0 Å². The molecular formula is C9H16O4. The molecule has 0 saturated carbocycles. The van der Waals surface area contributed by atoms with Crippen LogP contribution in [-0.4, -0.2) is 36.5 Å². The van der Waals surface area contributed by atoms with Gasteiger partial charge in [0.15, 0.2) is 5.60 Å². The van der Waals surface area contributed by atoms with Crippen LogP contribution in [0.3, 0.4) is 0 Å². The van der Waals surface area contributed by atoms with E-state index in [1.807, 2.05) is 0 Å². The molecule has 1 saturated heterocycles. The first kappa shape index (κ1) is 10.5. The molecule has 0 aromatic carbocycles. The summed E-state index contributed by atoms with van der Waals surface area (Å²) in [6, 6.07) is 0. The molecule has 0 radical (unpaired) electrons. The van der Waals surface area contributed by atoms with Crippen molar-refractivity contribution in [3.63, 3.8) is 0 Å². The van der Waals surface area contributed by atoms with Gasteiger partial charge in [-0.1, -0.05) is 0 Å². The largest absolute Gasteiger partial charge is 0.464 e. The molecule has 1 unspecified atom stereocenters. The molecule has 1 aliphatic rings. The Bertz CT molecular complexity index is 170. The number of hydrogen-bond donors (Lipinski definition) is 1. The number of carbonyl (C=O) groups is 1. The maximum Gasteiger partial charge on any atom is 0.338 e. The van der Waals surface area contributed by atoms with E-state index in [0.29, 0.717) is 39.1 Å². The van der Waals surface area contributed by atoms with Crippen molar-refractivity contribution in [3.05, 3.63) is 0 Å². The van der Waals surface area contributed by atoms with Gasteiger partial charge in [0.25, 0.3) is 0 Å². The summed E-state index contributed by atoms with van der Waals surface area (Å²) in [7, 11) is 0. The minimum Gasteiger partial charge on any atom is -0.464 e. The van der Waals surface area contributed by atoms with E-state index in [-0.39, 0.29) is 0 Å². The van der Waals surface area contributed by atoms with Gasteiger partial charge < -0.3 is 14.6 Å². The second kappa shape index (κ2) is 4.58. The third-order valence-corrected chi connectivity index (χ3v) is 2.19. The number of hydrogen-bond acceptors (Lipinski definition) is 4. The molecule has 1 aliphatic heterocycles. The van der Waals surface area contributed by atoms with E-state index in [9.17, 15) is 9.90 Å². The van der Waals surface area contributed by atoms with E-state index < -0.39 is 11.6 Å². The minimum absolute atomic E-state index is 0.308. The van der Waals surface area contributed by atoms with Crippen molar-refractivity contribution in [2.24, 2.45) is 0 Å². The van der Waals surface area contributed by atoms with Crippen LogP contribution in [0.4, 0.5) is 0 Å². The van der Waals surface area contributed by atoms with Crippen molar-refractivity contribution in [2.45, 2.75) is 31.8 Å². The van der Waals surface area contributed by atoms with Crippen LogP contribution in [0.25, 0.3) is 0 Å². The average molecular weight is 188 g/mol. The van der Waals surface area contributed by atoms with Crippen LogP contribution in [0.5, 0.6) is 0 Å². The molecule has 0 amide bonds. The summed E-state index contributed by atoms with van der Waals surface area (Å²) in [5, 5.41) is 9.90. The lowest BCUT2D eigenvalue weighted by atomic mass is 9.95. The maximum atomic E-state index is 11.3. The fraction of sp³-hybridized carbons (Fsp3) is 0.889.